The molecular weight excluding hydrogens is 375 g/mol. The lowest BCUT2D eigenvalue weighted by molar-refractivity contribution is 0.136. The van der Waals surface area contributed by atoms with Gasteiger partial charge in [0.15, 0.2) is 8.46 Å². The van der Waals surface area contributed by atoms with Crippen molar-refractivity contribution in [1.82, 2.24) is 0 Å². The summed E-state index contributed by atoms with van der Waals surface area (Å²) in [6, 6.07) is 20.1. The zero-order valence-corrected chi connectivity index (χ0v) is 15.5. The summed E-state index contributed by atoms with van der Waals surface area (Å²) in [5.74, 6) is 0. The molecule has 2 aromatic carbocycles. The van der Waals surface area contributed by atoms with E-state index >= 15 is 0 Å². The van der Waals surface area contributed by atoms with Crippen LogP contribution in [0.25, 0.3) is 0 Å². The highest BCUT2D eigenvalue weighted by Crippen LogP contribution is 2.01. The van der Waals surface area contributed by atoms with Crippen molar-refractivity contribution in [2.24, 2.45) is 0 Å². The number of hydrogen-bond acceptors (Lipinski definition) is 3. The van der Waals surface area contributed by atoms with E-state index in [0.717, 1.165) is 17.5 Å². The summed E-state index contributed by atoms with van der Waals surface area (Å²) in [6.45, 7) is 2.65. The topological polar surface area (TPSA) is 35.5 Å². The molecule has 0 aromatic heterocycles. The summed E-state index contributed by atoms with van der Waals surface area (Å²) in [4.78, 5) is 0. The van der Waals surface area contributed by atoms with E-state index in [4.69, 9.17) is 9.47 Å². The standard InChI is InChI=1S/C9H11BrO.C9H11O2P/c10-6-7-11-8-9-4-2-1-3-5-9;10-12-7-6-11-8-9-4-2-1-3-5-9/h1-5H,6-8H2;1-5H,6-8H2. The van der Waals surface area contributed by atoms with Crippen LogP contribution in [-0.4, -0.2) is 24.7 Å². The Bertz CT molecular complexity index is 508. The van der Waals surface area contributed by atoms with Crippen LogP contribution in [0.15, 0.2) is 60.7 Å². The first kappa shape index (κ1) is 20.0. The minimum atomic E-state index is 0.156. The van der Waals surface area contributed by atoms with Crippen LogP contribution in [0, 0.1) is 0 Å². The van der Waals surface area contributed by atoms with Crippen molar-refractivity contribution in [3.05, 3.63) is 71.8 Å². The van der Waals surface area contributed by atoms with E-state index < -0.39 is 0 Å². The SMILES string of the molecule is BrCCOCc1ccccc1.O=PCCOCc1ccccc1. The number of rotatable bonds is 9. The molecule has 0 N–H and O–H groups in total. The normalized spacial score (nSPS) is 10.1. The Morgan fingerprint density at radius 1 is 0.783 bits per heavy atom. The summed E-state index contributed by atoms with van der Waals surface area (Å²) in [5.41, 5.74) is 2.38. The van der Waals surface area contributed by atoms with Crippen molar-refractivity contribution in [3.8, 4) is 0 Å². The Hall–Kier alpha value is -1.06. The average Bonchev–Trinajstić information content (AvgIpc) is 2.61. The molecule has 5 heteroatoms. The molecule has 0 saturated carbocycles. The fraction of sp³-hybridized carbons (Fsp3) is 0.333. The summed E-state index contributed by atoms with van der Waals surface area (Å²) in [5, 5.41) is 0.903. The third-order valence-electron chi connectivity index (χ3n) is 2.77. The van der Waals surface area contributed by atoms with E-state index in [1.54, 1.807) is 0 Å². The first-order valence-electron chi connectivity index (χ1n) is 7.45. The Kier molecular flexibility index (Phi) is 12.6. The zero-order valence-electron chi connectivity index (χ0n) is 13.1. The van der Waals surface area contributed by atoms with Gasteiger partial charge >= 0.3 is 0 Å². The molecule has 3 nitrogen and oxygen atoms in total. The van der Waals surface area contributed by atoms with Gasteiger partial charge in [-0.2, -0.15) is 0 Å². The van der Waals surface area contributed by atoms with Crippen molar-refractivity contribution in [3.63, 3.8) is 0 Å². The lowest BCUT2D eigenvalue weighted by atomic mass is 10.2. The average molecular weight is 397 g/mol. The predicted octanol–water partition coefficient (Wildman–Crippen LogP) is 5.09. The van der Waals surface area contributed by atoms with Crippen LogP contribution < -0.4 is 0 Å². The Labute approximate surface area is 148 Å². The third kappa shape index (κ3) is 11.2. The molecule has 0 radical (unpaired) electrons. The maximum absolute atomic E-state index is 10.0. The summed E-state index contributed by atoms with van der Waals surface area (Å²) in [7, 11) is 0.156. The zero-order chi connectivity index (χ0) is 16.6. The first-order valence-corrected chi connectivity index (χ1v) is 9.57. The molecule has 0 bridgehead atoms. The second-order valence-electron chi connectivity index (χ2n) is 4.62. The Morgan fingerprint density at radius 3 is 1.70 bits per heavy atom. The summed E-state index contributed by atoms with van der Waals surface area (Å²) >= 11 is 3.30. The van der Waals surface area contributed by atoms with Crippen molar-refractivity contribution < 1.29 is 14.0 Å². The van der Waals surface area contributed by atoms with E-state index in [2.05, 4.69) is 28.1 Å². The van der Waals surface area contributed by atoms with Gasteiger partial charge in [-0.05, 0) is 11.1 Å². The molecule has 0 aliphatic heterocycles. The van der Waals surface area contributed by atoms with Crippen LogP contribution in [0.3, 0.4) is 0 Å². The second-order valence-corrected chi connectivity index (χ2v) is 6.12. The highest BCUT2D eigenvalue weighted by Gasteiger charge is 1.90. The third-order valence-corrected chi connectivity index (χ3v) is 3.46. The van der Waals surface area contributed by atoms with Crippen molar-refractivity contribution in [2.75, 3.05) is 24.7 Å². The van der Waals surface area contributed by atoms with Crippen LogP contribution in [0.5, 0.6) is 0 Å². The van der Waals surface area contributed by atoms with Gasteiger partial charge in [-0.15, -0.1) is 0 Å². The van der Waals surface area contributed by atoms with Gasteiger partial charge in [0.2, 0.25) is 0 Å². The highest BCUT2D eigenvalue weighted by molar-refractivity contribution is 9.09. The number of ether oxygens (including phenoxy) is 2. The van der Waals surface area contributed by atoms with Crippen LogP contribution >= 0.6 is 24.4 Å². The molecule has 124 valence electrons. The van der Waals surface area contributed by atoms with Crippen LogP contribution in [-0.2, 0) is 27.3 Å². The van der Waals surface area contributed by atoms with E-state index in [0.29, 0.717) is 26.0 Å². The molecule has 0 spiro atoms. The highest BCUT2D eigenvalue weighted by atomic mass is 79.9. The van der Waals surface area contributed by atoms with E-state index in [1.807, 2.05) is 48.5 Å². The van der Waals surface area contributed by atoms with Crippen LogP contribution in [0.2, 0.25) is 0 Å². The largest absolute Gasteiger partial charge is 0.376 e. The van der Waals surface area contributed by atoms with Gasteiger partial charge in [0.05, 0.1) is 32.6 Å². The van der Waals surface area contributed by atoms with Gasteiger partial charge in [0.1, 0.15) is 0 Å². The number of halogens is 1. The van der Waals surface area contributed by atoms with Gasteiger partial charge in [-0.1, -0.05) is 76.6 Å². The lowest BCUT2D eigenvalue weighted by Gasteiger charge is -2.00. The maximum Gasteiger partial charge on any atom is 0.157 e. The summed E-state index contributed by atoms with van der Waals surface area (Å²) < 4.78 is 20.6. The number of alkyl halides is 1. The van der Waals surface area contributed by atoms with E-state index in [1.165, 1.54) is 5.56 Å². The molecule has 0 aliphatic rings. The molecule has 0 atom stereocenters. The van der Waals surface area contributed by atoms with Gasteiger partial charge < -0.3 is 9.47 Å². The van der Waals surface area contributed by atoms with Gasteiger partial charge in [-0.3, -0.25) is 4.57 Å². The minimum Gasteiger partial charge on any atom is -0.376 e. The second kappa shape index (κ2) is 14.5. The smallest absolute Gasteiger partial charge is 0.157 e. The van der Waals surface area contributed by atoms with Gasteiger partial charge in [0.25, 0.3) is 0 Å². The Balaban J connectivity index is 0.000000231. The lowest BCUT2D eigenvalue weighted by Crippen LogP contribution is -1.95. The monoisotopic (exact) mass is 396 g/mol. The van der Waals surface area contributed by atoms with Gasteiger partial charge in [0, 0.05) is 5.33 Å². The molecule has 0 unspecified atom stereocenters. The molecule has 23 heavy (non-hydrogen) atoms. The van der Waals surface area contributed by atoms with Crippen molar-refractivity contribution in [1.29, 1.82) is 0 Å². The number of benzene rings is 2. The Morgan fingerprint density at radius 2 is 1.26 bits per heavy atom. The molecule has 0 aliphatic carbocycles. The van der Waals surface area contributed by atoms with E-state index in [9.17, 15) is 4.57 Å². The van der Waals surface area contributed by atoms with Gasteiger partial charge in [-0.25, -0.2) is 0 Å². The van der Waals surface area contributed by atoms with Crippen LogP contribution in [0.4, 0.5) is 0 Å². The maximum atomic E-state index is 10.0. The fourth-order valence-corrected chi connectivity index (χ4v) is 2.12. The molecule has 0 heterocycles. The van der Waals surface area contributed by atoms with E-state index in [-0.39, 0.29) is 8.46 Å². The molecule has 2 rings (SSSR count). The minimum absolute atomic E-state index is 0.156. The predicted molar refractivity (Wildman–Crippen MR) is 98.5 cm³/mol. The van der Waals surface area contributed by atoms with Crippen molar-refractivity contribution >= 4 is 24.4 Å². The molecule has 2 aromatic rings. The van der Waals surface area contributed by atoms with Crippen molar-refractivity contribution in [2.45, 2.75) is 13.2 Å². The summed E-state index contributed by atoms with van der Waals surface area (Å²) in [6.07, 6.45) is 0.576. The molecule has 0 amide bonds. The molecule has 0 saturated heterocycles. The quantitative estimate of drug-likeness (QED) is 0.336. The molecular formula is C18H22BrO3P. The fourth-order valence-electron chi connectivity index (χ4n) is 1.68. The molecule has 0 fully saturated rings. The van der Waals surface area contributed by atoms with Crippen LogP contribution in [0.1, 0.15) is 11.1 Å². The number of hydrogen-bond donors (Lipinski definition) is 0. The first-order chi connectivity index (χ1) is 11.4.